The maximum atomic E-state index is 12.7. The molecule has 0 saturated carbocycles. The standard InChI is InChI=1S/C46H83NO7/c1-6-8-10-12-14-16-18-20-21-22-23-24-25-27-28-30-32-34-36-44(48)53-41-42(40-52-39-38-43(46(50)51)47(3,4)5)54-45(49)37-35-33-31-29-26-19-17-15-13-11-9-7-2/h18,20-24,42-43H,6-17,19,25-41H2,1-5H3/p+1/b20-18+,22-21+,24-23+. The number of carboxylic acids is 1. The van der Waals surface area contributed by atoms with E-state index < -0.39 is 18.1 Å². The molecule has 0 heterocycles. The van der Waals surface area contributed by atoms with Crippen LogP contribution in [0.15, 0.2) is 36.5 Å². The molecule has 0 spiro atoms. The molecule has 8 nitrogen and oxygen atoms in total. The monoisotopic (exact) mass is 763 g/mol. The summed E-state index contributed by atoms with van der Waals surface area (Å²) in [6.07, 6.45) is 41.8. The summed E-state index contributed by atoms with van der Waals surface area (Å²) in [6, 6.07) is -0.615. The third kappa shape index (κ3) is 35.3. The summed E-state index contributed by atoms with van der Waals surface area (Å²) in [4.78, 5) is 36.9. The van der Waals surface area contributed by atoms with Crippen molar-refractivity contribution in [1.82, 2.24) is 0 Å². The Hall–Kier alpha value is -2.45. The van der Waals surface area contributed by atoms with Gasteiger partial charge in [0.05, 0.1) is 34.4 Å². The van der Waals surface area contributed by atoms with Gasteiger partial charge in [-0.3, -0.25) is 9.59 Å². The summed E-state index contributed by atoms with van der Waals surface area (Å²) >= 11 is 0. The van der Waals surface area contributed by atoms with E-state index in [1.165, 1.54) is 89.9 Å². The lowest BCUT2D eigenvalue weighted by Gasteiger charge is -2.31. The highest BCUT2D eigenvalue weighted by Gasteiger charge is 2.31. The number of unbranched alkanes of at least 4 members (excludes halogenated alkanes) is 21. The maximum Gasteiger partial charge on any atom is 0.362 e. The van der Waals surface area contributed by atoms with E-state index in [9.17, 15) is 19.5 Å². The minimum atomic E-state index is -0.878. The van der Waals surface area contributed by atoms with Crippen molar-refractivity contribution in [3.63, 3.8) is 0 Å². The Labute approximate surface area is 332 Å². The van der Waals surface area contributed by atoms with Gasteiger partial charge in [-0.05, 0) is 38.5 Å². The number of nitrogens with zero attached hydrogens (tertiary/aromatic N) is 1. The zero-order valence-electron chi connectivity index (χ0n) is 35.7. The Kier molecular flexibility index (Phi) is 35.8. The fourth-order valence-corrected chi connectivity index (χ4v) is 6.39. The van der Waals surface area contributed by atoms with Crippen molar-refractivity contribution in [2.24, 2.45) is 0 Å². The van der Waals surface area contributed by atoms with Gasteiger partial charge in [0.25, 0.3) is 0 Å². The normalized spacial score (nSPS) is 13.3. The van der Waals surface area contributed by atoms with E-state index in [1.807, 2.05) is 21.1 Å². The minimum absolute atomic E-state index is 0.0566. The largest absolute Gasteiger partial charge is 0.477 e. The van der Waals surface area contributed by atoms with Crippen LogP contribution < -0.4 is 0 Å². The van der Waals surface area contributed by atoms with Gasteiger partial charge in [0.15, 0.2) is 12.1 Å². The molecule has 0 aromatic carbocycles. The van der Waals surface area contributed by atoms with Crippen molar-refractivity contribution in [2.75, 3.05) is 41.0 Å². The second kappa shape index (κ2) is 37.5. The molecule has 0 aliphatic rings. The average molecular weight is 763 g/mol. The Morgan fingerprint density at radius 2 is 0.981 bits per heavy atom. The Morgan fingerprint density at radius 3 is 1.43 bits per heavy atom. The van der Waals surface area contributed by atoms with Crippen LogP contribution in [0.4, 0.5) is 0 Å². The van der Waals surface area contributed by atoms with Gasteiger partial charge in [0.2, 0.25) is 0 Å². The number of ether oxygens (including phenoxy) is 3. The molecule has 0 fully saturated rings. The topological polar surface area (TPSA) is 99.1 Å². The van der Waals surface area contributed by atoms with Crippen LogP contribution in [0.1, 0.15) is 187 Å². The van der Waals surface area contributed by atoms with E-state index in [2.05, 4.69) is 50.3 Å². The van der Waals surface area contributed by atoms with Gasteiger partial charge in [-0.1, -0.05) is 166 Å². The number of quaternary nitrogens is 1. The van der Waals surface area contributed by atoms with Crippen LogP contribution in [0.2, 0.25) is 0 Å². The molecule has 0 rings (SSSR count). The molecule has 0 amide bonds. The molecule has 314 valence electrons. The van der Waals surface area contributed by atoms with E-state index in [0.717, 1.165) is 64.2 Å². The number of likely N-dealkylation sites (N-methyl/N-ethyl adjacent to an activating group) is 1. The first-order valence-electron chi connectivity index (χ1n) is 22.1. The van der Waals surface area contributed by atoms with Crippen molar-refractivity contribution in [1.29, 1.82) is 0 Å². The van der Waals surface area contributed by atoms with E-state index >= 15 is 0 Å². The van der Waals surface area contributed by atoms with Gasteiger partial charge in [0, 0.05) is 19.3 Å². The van der Waals surface area contributed by atoms with Crippen LogP contribution in [-0.2, 0) is 28.6 Å². The van der Waals surface area contributed by atoms with Crippen molar-refractivity contribution >= 4 is 17.9 Å². The summed E-state index contributed by atoms with van der Waals surface area (Å²) in [6.45, 7) is 4.70. The van der Waals surface area contributed by atoms with Crippen LogP contribution in [-0.4, -0.2) is 80.6 Å². The Bertz CT molecular complexity index is 984. The quantitative estimate of drug-likeness (QED) is 0.0288. The molecule has 2 unspecified atom stereocenters. The van der Waals surface area contributed by atoms with Crippen molar-refractivity contribution in [2.45, 2.75) is 199 Å². The highest BCUT2D eigenvalue weighted by Crippen LogP contribution is 2.14. The van der Waals surface area contributed by atoms with Crippen molar-refractivity contribution < 1.29 is 38.2 Å². The van der Waals surface area contributed by atoms with E-state index in [1.54, 1.807) is 0 Å². The second-order valence-corrected chi connectivity index (χ2v) is 16.0. The zero-order valence-corrected chi connectivity index (χ0v) is 35.7. The molecule has 0 aromatic rings. The van der Waals surface area contributed by atoms with Crippen LogP contribution >= 0.6 is 0 Å². The summed E-state index contributed by atoms with van der Waals surface area (Å²) in [5.41, 5.74) is 0. The molecule has 0 aromatic heterocycles. The molecule has 8 heteroatoms. The molecule has 2 atom stereocenters. The molecule has 1 N–H and O–H groups in total. The number of esters is 2. The summed E-state index contributed by atoms with van der Waals surface area (Å²) in [7, 11) is 5.52. The number of hydrogen-bond donors (Lipinski definition) is 1. The number of aliphatic carboxylic acids is 1. The Morgan fingerprint density at radius 1 is 0.556 bits per heavy atom. The molecule has 0 saturated heterocycles. The Balaban J connectivity index is 4.36. The van der Waals surface area contributed by atoms with Crippen LogP contribution in [0.5, 0.6) is 0 Å². The lowest BCUT2D eigenvalue weighted by Crippen LogP contribution is -2.50. The number of carbonyl (C=O) groups is 3. The summed E-state index contributed by atoms with van der Waals surface area (Å²) < 4.78 is 17.2. The third-order valence-electron chi connectivity index (χ3n) is 9.85. The summed E-state index contributed by atoms with van der Waals surface area (Å²) in [5.74, 6) is -1.49. The van der Waals surface area contributed by atoms with Gasteiger partial charge >= 0.3 is 17.9 Å². The van der Waals surface area contributed by atoms with Crippen molar-refractivity contribution in [3.8, 4) is 0 Å². The van der Waals surface area contributed by atoms with Gasteiger partial charge in [-0.25, -0.2) is 4.79 Å². The van der Waals surface area contributed by atoms with Crippen LogP contribution in [0, 0.1) is 0 Å². The average Bonchev–Trinajstić information content (AvgIpc) is 3.12. The zero-order chi connectivity index (χ0) is 40.0. The highest BCUT2D eigenvalue weighted by molar-refractivity contribution is 5.72. The van der Waals surface area contributed by atoms with Crippen LogP contribution in [0.3, 0.4) is 0 Å². The van der Waals surface area contributed by atoms with Gasteiger partial charge in [-0.15, -0.1) is 0 Å². The molecule has 0 aliphatic carbocycles. The SMILES string of the molecule is CCCCCCC/C=C/C=C/C=C/CCCCCCCC(=O)OCC(COCCC(C(=O)O)[N+](C)(C)C)OC(=O)CCCCCCCCCCCCCC. The van der Waals surface area contributed by atoms with Crippen LogP contribution in [0.25, 0.3) is 0 Å². The lowest BCUT2D eigenvalue weighted by molar-refractivity contribution is -0.887. The van der Waals surface area contributed by atoms with E-state index in [-0.39, 0.29) is 36.2 Å². The number of carboxylic acid groups (broad SMARTS) is 1. The summed E-state index contributed by atoms with van der Waals surface area (Å²) in [5, 5.41) is 9.61. The minimum Gasteiger partial charge on any atom is -0.477 e. The highest BCUT2D eigenvalue weighted by atomic mass is 16.6. The molecule has 0 bridgehead atoms. The number of carbonyl (C=O) groups excluding carboxylic acids is 2. The van der Waals surface area contributed by atoms with Gasteiger partial charge < -0.3 is 23.8 Å². The molecule has 0 radical (unpaired) electrons. The van der Waals surface area contributed by atoms with E-state index in [0.29, 0.717) is 19.3 Å². The lowest BCUT2D eigenvalue weighted by atomic mass is 10.0. The fourth-order valence-electron chi connectivity index (χ4n) is 6.39. The third-order valence-corrected chi connectivity index (χ3v) is 9.85. The molecule has 0 aliphatic heterocycles. The predicted molar refractivity (Wildman–Crippen MR) is 225 cm³/mol. The number of allylic oxidation sites excluding steroid dienone is 6. The first-order chi connectivity index (χ1) is 26.1. The number of rotatable bonds is 39. The van der Waals surface area contributed by atoms with Crippen molar-refractivity contribution in [3.05, 3.63) is 36.5 Å². The van der Waals surface area contributed by atoms with Gasteiger partial charge in [0.1, 0.15) is 6.61 Å². The fraction of sp³-hybridized carbons (Fsp3) is 0.804. The second-order valence-electron chi connectivity index (χ2n) is 16.0. The predicted octanol–water partition coefficient (Wildman–Crippen LogP) is 11.9. The van der Waals surface area contributed by atoms with Gasteiger partial charge in [-0.2, -0.15) is 0 Å². The number of hydrogen-bond acceptors (Lipinski definition) is 6. The van der Waals surface area contributed by atoms with E-state index in [4.69, 9.17) is 14.2 Å². The molecular weight excluding hydrogens is 679 g/mol. The first kappa shape index (κ1) is 51.5. The molecule has 54 heavy (non-hydrogen) atoms. The maximum absolute atomic E-state index is 12.7. The molecular formula is C46H84NO7+. The smallest absolute Gasteiger partial charge is 0.362 e. The first-order valence-corrected chi connectivity index (χ1v) is 22.1.